The summed E-state index contributed by atoms with van der Waals surface area (Å²) in [5, 5.41) is 0.726. The minimum atomic E-state index is -0.781. The summed E-state index contributed by atoms with van der Waals surface area (Å²) in [6.45, 7) is 2.59. The van der Waals surface area contributed by atoms with E-state index in [2.05, 4.69) is 31.9 Å². The zero-order valence-corrected chi connectivity index (χ0v) is 11.6. The van der Waals surface area contributed by atoms with E-state index in [1.165, 1.54) is 13.8 Å². The molecule has 2 unspecified atom stereocenters. The zero-order valence-electron chi connectivity index (χ0n) is 8.46. The Hall–Kier alpha value is -0.100. The van der Waals surface area contributed by atoms with Gasteiger partial charge in [0, 0.05) is 23.5 Å². The summed E-state index contributed by atoms with van der Waals surface area (Å²) in [5.41, 5.74) is 0. The first-order chi connectivity index (χ1) is 6.89. The first-order valence-corrected chi connectivity index (χ1v) is 6.40. The summed E-state index contributed by atoms with van der Waals surface area (Å²) in [6, 6.07) is 0. The topological polar surface area (TPSA) is 52.6 Å². The van der Waals surface area contributed by atoms with Gasteiger partial charge in [0.2, 0.25) is 0 Å². The lowest BCUT2D eigenvalue weighted by molar-refractivity contribution is -0.188. The Morgan fingerprint density at radius 1 is 1.40 bits per heavy atom. The van der Waals surface area contributed by atoms with E-state index in [0.29, 0.717) is 0 Å². The highest BCUT2D eigenvalue weighted by molar-refractivity contribution is 9.12. The van der Waals surface area contributed by atoms with Crippen molar-refractivity contribution in [2.24, 2.45) is 5.92 Å². The molecule has 1 rings (SSSR count). The highest BCUT2D eigenvalue weighted by Gasteiger charge is 2.58. The second-order valence-corrected chi connectivity index (χ2v) is 5.71. The van der Waals surface area contributed by atoms with Crippen LogP contribution in [0, 0.1) is 5.92 Å². The second kappa shape index (κ2) is 4.82. The fourth-order valence-corrected chi connectivity index (χ4v) is 2.53. The number of rotatable bonds is 4. The van der Waals surface area contributed by atoms with Gasteiger partial charge in [-0.1, -0.05) is 31.9 Å². The third kappa shape index (κ3) is 3.45. The van der Waals surface area contributed by atoms with Crippen molar-refractivity contribution in [2.75, 3.05) is 5.33 Å². The summed E-state index contributed by atoms with van der Waals surface area (Å²) in [6.07, 6.45) is 0.0284. The molecule has 0 aromatic carbocycles. The predicted octanol–water partition coefficient (Wildman–Crippen LogP) is 1.99. The van der Waals surface area contributed by atoms with E-state index in [9.17, 15) is 9.59 Å². The largest absolute Gasteiger partial charge is 0.425 e. The van der Waals surface area contributed by atoms with Crippen LogP contribution in [-0.4, -0.2) is 27.9 Å². The Balaban J connectivity index is 2.58. The first-order valence-electron chi connectivity index (χ1n) is 4.48. The fourth-order valence-electron chi connectivity index (χ4n) is 1.32. The maximum atomic E-state index is 10.8. The number of carbonyl (C=O) groups is 2. The van der Waals surface area contributed by atoms with E-state index in [0.717, 1.165) is 11.8 Å². The highest BCUT2D eigenvalue weighted by Crippen LogP contribution is 2.55. The maximum absolute atomic E-state index is 10.8. The van der Waals surface area contributed by atoms with E-state index >= 15 is 0 Å². The van der Waals surface area contributed by atoms with Crippen molar-refractivity contribution in [3.63, 3.8) is 0 Å². The van der Waals surface area contributed by atoms with Gasteiger partial charge in [-0.3, -0.25) is 9.59 Å². The minimum Gasteiger partial charge on any atom is -0.425 e. The summed E-state index contributed by atoms with van der Waals surface area (Å²) < 4.78 is 9.78. The van der Waals surface area contributed by atoms with Crippen molar-refractivity contribution in [1.29, 1.82) is 0 Å². The molecule has 15 heavy (non-hydrogen) atoms. The molecule has 1 saturated carbocycles. The van der Waals surface area contributed by atoms with Gasteiger partial charge in [-0.2, -0.15) is 0 Å². The number of esters is 2. The van der Waals surface area contributed by atoms with Crippen molar-refractivity contribution in [2.45, 2.75) is 30.9 Å². The average molecular weight is 344 g/mol. The van der Waals surface area contributed by atoms with E-state index in [-0.39, 0.29) is 10.2 Å². The van der Waals surface area contributed by atoms with Crippen molar-refractivity contribution in [3.8, 4) is 0 Å². The van der Waals surface area contributed by atoms with Gasteiger partial charge in [-0.05, 0) is 6.42 Å². The van der Waals surface area contributed by atoms with Gasteiger partial charge in [0.25, 0.3) is 6.29 Å². The van der Waals surface area contributed by atoms with E-state index in [1.807, 2.05) is 0 Å². The predicted molar refractivity (Wildman–Crippen MR) is 60.9 cm³/mol. The lowest BCUT2D eigenvalue weighted by Crippen LogP contribution is -2.27. The molecule has 0 N–H and O–H groups in total. The molecule has 0 saturated heterocycles. The lowest BCUT2D eigenvalue weighted by Gasteiger charge is -2.17. The van der Waals surface area contributed by atoms with Crippen LogP contribution in [0.5, 0.6) is 0 Å². The monoisotopic (exact) mass is 342 g/mol. The molecule has 0 amide bonds. The van der Waals surface area contributed by atoms with Crippen LogP contribution in [0.2, 0.25) is 0 Å². The summed E-state index contributed by atoms with van der Waals surface area (Å²) in [7, 11) is 0. The highest BCUT2D eigenvalue weighted by atomic mass is 79.9. The quantitative estimate of drug-likeness (QED) is 0.445. The minimum absolute atomic E-state index is 0.0182. The molecule has 0 bridgehead atoms. The third-order valence-electron chi connectivity index (χ3n) is 2.18. The van der Waals surface area contributed by atoms with Crippen LogP contribution < -0.4 is 0 Å². The zero-order chi connectivity index (χ0) is 11.6. The lowest BCUT2D eigenvalue weighted by atomic mass is 10.3. The molecule has 1 aliphatic rings. The van der Waals surface area contributed by atoms with Crippen LogP contribution in [0.4, 0.5) is 0 Å². The third-order valence-corrected chi connectivity index (χ3v) is 5.12. The van der Waals surface area contributed by atoms with Crippen LogP contribution in [0.3, 0.4) is 0 Å². The number of carbonyl (C=O) groups excluding carboxylic acids is 2. The summed E-state index contributed by atoms with van der Waals surface area (Å²) in [4.78, 5) is 21.7. The molecule has 0 aromatic heterocycles. The second-order valence-electron chi connectivity index (χ2n) is 3.57. The number of hydrogen-bond donors (Lipinski definition) is 0. The molecule has 4 nitrogen and oxygen atoms in total. The van der Waals surface area contributed by atoms with Gasteiger partial charge >= 0.3 is 11.9 Å². The molecule has 0 radical (unpaired) electrons. The van der Waals surface area contributed by atoms with E-state index < -0.39 is 18.2 Å². The fraction of sp³-hybridized carbons (Fsp3) is 0.778. The standard InChI is InChI=1S/C9H12Br2O4/c1-5(12)14-8(15-6(2)13)7-3-9(7,11)4-10/h7-8H,3-4H2,1-2H3. The Bertz CT molecular complexity index is 265. The number of hydrogen-bond acceptors (Lipinski definition) is 4. The van der Waals surface area contributed by atoms with Crippen molar-refractivity contribution < 1.29 is 19.1 Å². The summed E-state index contributed by atoms with van der Waals surface area (Å²) in [5.74, 6) is -0.875. The van der Waals surface area contributed by atoms with Gasteiger partial charge in [-0.15, -0.1) is 0 Å². The van der Waals surface area contributed by atoms with E-state index in [4.69, 9.17) is 9.47 Å². The van der Waals surface area contributed by atoms with Crippen LogP contribution >= 0.6 is 31.9 Å². The Morgan fingerprint density at radius 3 is 2.13 bits per heavy atom. The molecular formula is C9H12Br2O4. The molecule has 0 aliphatic heterocycles. The number of ether oxygens (including phenoxy) is 2. The Kier molecular flexibility index (Phi) is 4.17. The van der Waals surface area contributed by atoms with Crippen LogP contribution in [-0.2, 0) is 19.1 Å². The molecule has 86 valence electrons. The number of halogens is 2. The van der Waals surface area contributed by atoms with E-state index in [1.54, 1.807) is 0 Å². The molecule has 0 heterocycles. The van der Waals surface area contributed by atoms with Crippen molar-refractivity contribution in [1.82, 2.24) is 0 Å². The smallest absolute Gasteiger partial charge is 0.305 e. The normalized spacial score (nSPS) is 28.7. The van der Waals surface area contributed by atoms with Gasteiger partial charge < -0.3 is 9.47 Å². The van der Waals surface area contributed by atoms with Crippen molar-refractivity contribution >= 4 is 43.8 Å². The van der Waals surface area contributed by atoms with Crippen LogP contribution in [0.25, 0.3) is 0 Å². The first kappa shape index (κ1) is 13.0. The Morgan fingerprint density at radius 2 is 1.87 bits per heavy atom. The summed E-state index contributed by atoms with van der Waals surface area (Å²) >= 11 is 6.85. The average Bonchev–Trinajstić information content (AvgIpc) is 2.76. The molecule has 0 aromatic rings. The van der Waals surface area contributed by atoms with Crippen LogP contribution in [0.15, 0.2) is 0 Å². The van der Waals surface area contributed by atoms with Crippen LogP contribution in [0.1, 0.15) is 20.3 Å². The van der Waals surface area contributed by atoms with Crippen molar-refractivity contribution in [3.05, 3.63) is 0 Å². The molecule has 1 fully saturated rings. The number of alkyl halides is 2. The molecule has 0 spiro atoms. The maximum Gasteiger partial charge on any atom is 0.305 e. The molecule has 6 heteroatoms. The van der Waals surface area contributed by atoms with Gasteiger partial charge in [-0.25, -0.2) is 0 Å². The van der Waals surface area contributed by atoms with Gasteiger partial charge in [0.15, 0.2) is 0 Å². The molecule has 2 atom stereocenters. The Labute approximate surface area is 105 Å². The van der Waals surface area contributed by atoms with Gasteiger partial charge in [0.1, 0.15) is 0 Å². The molecular weight excluding hydrogens is 332 g/mol. The molecule has 1 aliphatic carbocycles. The SMILES string of the molecule is CC(=O)OC(OC(C)=O)C1CC1(Br)CBr. The van der Waals surface area contributed by atoms with Gasteiger partial charge in [0.05, 0.1) is 5.92 Å².